The van der Waals surface area contributed by atoms with E-state index in [1.54, 1.807) is 0 Å². The smallest absolute Gasteiger partial charge is 0.231 e. The van der Waals surface area contributed by atoms with Crippen LogP contribution in [-0.2, 0) is 0 Å². The first-order chi connectivity index (χ1) is 12.6. The molecule has 0 aliphatic carbocycles. The molecule has 26 heavy (non-hydrogen) atoms. The number of azo groups is 1. The number of rotatable bonds is 7. The SMILES string of the molecule is CCOc1ccc2nc(N=Nc3ccc(N(CC)CC)cc3C)sc2c1. The zero-order chi connectivity index (χ0) is 18.5. The van der Waals surface area contributed by atoms with Crippen LogP contribution in [0.5, 0.6) is 5.75 Å². The molecule has 0 atom stereocenters. The molecule has 2 aromatic carbocycles. The quantitative estimate of drug-likeness (QED) is 0.462. The van der Waals surface area contributed by atoms with Gasteiger partial charge in [-0.3, -0.25) is 0 Å². The lowest BCUT2D eigenvalue weighted by Gasteiger charge is -2.21. The monoisotopic (exact) mass is 368 g/mol. The molecule has 0 fully saturated rings. The van der Waals surface area contributed by atoms with E-state index < -0.39 is 0 Å². The van der Waals surface area contributed by atoms with Crippen LogP contribution in [0.4, 0.5) is 16.5 Å². The number of fused-ring (bicyclic) bond motifs is 1. The van der Waals surface area contributed by atoms with Gasteiger partial charge in [0.25, 0.3) is 0 Å². The van der Waals surface area contributed by atoms with E-state index >= 15 is 0 Å². The minimum atomic E-state index is 0.652. The molecule has 0 saturated heterocycles. The summed E-state index contributed by atoms with van der Waals surface area (Å²) in [4.78, 5) is 6.84. The molecule has 3 rings (SSSR count). The Morgan fingerprint density at radius 2 is 1.85 bits per heavy atom. The summed E-state index contributed by atoms with van der Waals surface area (Å²) in [6.45, 7) is 11.0. The average molecular weight is 369 g/mol. The molecule has 3 aromatic rings. The Labute approximate surface area is 158 Å². The zero-order valence-electron chi connectivity index (χ0n) is 15.7. The highest BCUT2D eigenvalue weighted by Gasteiger charge is 2.07. The Hall–Kier alpha value is -2.47. The number of anilines is 1. The molecular formula is C20H24N4OS. The number of aryl methyl sites for hydroxylation is 1. The Bertz CT molecular complexity index is 915. The lowest BCUT2D eigenvalue weighted by Crippen LogP contribution is -2.21. The minimum absolute atomic E-state index is 0.652. The fourth-order valence-electron chi connectivity index (χ4n) is 2.83. The van der Waals surface area contributed by atoms with Crippen LogP contribution >= 0.6 is 11.3 Å². The molecular weight excluding hydrogens is 344 g/mol. The minimum Gasteiger partial charge on any atom is -0.494 e. The van der Waals surface area contributed by atoms with E-state index in [0.29, 0.717) is 11.7 Å². The molecule has 0 unspecified atom stereocenters. The maximum Gasteiger partial charge on any atom is 0.231 e. The second-order valence-electron chi connectivity index (χ2n) is 5.90. The summed E-state index contributed by atoms with van der Waals surface area (Å²) in [6.07, 6.45) is 0. The summed E-state index contributed by atoms with van der Waals surface area (Å²) in [5, 5.41) is 9.40. The second-order valence-corrected chi connectivity index (χ2v) is 6.91. The van der Waals surface area contributed by atoms with Gasteiger partial charge in [-0.15, -0.1) is 10.2 Å². The summed E-state index contributed by atoms with van der Waals surface area (Å²) in [5.41, 5.74) is 4.11. The molecule has 1 heterocycles. The highest BCUT2D eigenvalue weighted by Crippen LogP contribution is 2.33. The summed E-state index contributed by atoms with van der Waals surface area (Å²) >= 11 is 1.52. The van der Waals surface area contributed by atoms with E-state index in [1.807, 2.05) is 31.2 Å². The molecule has 0 spiro atoms. The highest BCUT2D eigenvalue weighted by molar-refractivity contribution is 7.21. The Kier molecular flexibility index (Phi) is 5.83. The van der Waals surface area contributed by atoms with Crippen molar-refractivity contribution in [3.63, 3.8) is 0 Å². The first-order valence-electron chi connectivity index (χ1n) is 8.95. The van der Waals surface area contributed by atoms with Gasteiger partial charge in [0.15, 0.2) is 0 Å². The van der Waals surface area contributed by atoms with Gasteiger partial charge < -0.3 is 9.64 Å². The lowest BCUT2D eigenvalue weighted by atomic mass is 10.1. The molecule has 6 heteroatoms. The van der Waals surface area contributed by atoms with Crippen molar-refractivity contribution in [1.82, 2.24) is 4.98 Å². The van der Waals surface area contributed by atoms with Crippen molar-refractivity contribution in [1.29, 1.82) is 0 Å². The molecule has 0 aliphatic rings. The molecule has 136 valence electrons. The van der Waals surface area contributed by atoms with Crippen LogP contribution in [0.1, 0.15) is 26.3 Å². The third kappa shape index (κ3) is 4.02. The standard InChI is InChI=1S/C20H24N4OS/c1-5-24(6-2)15-8-10-17(14(4)12-15)22-23-20-21-18-11-9-16(25-7-3)13-19(18)26-20/h8-13H,5-7H2,1-4H3. The van der Waals surface area contributed by atoms with Gasteiger partial charge in [0.1, 0.15) is 5.75 Å². The van der Waals surface area contributed by atoms with Crippen molar-refractivity contribution >= 4 is 38.1 Å². The molecule has 0 N–H and O–H groups in total. The van der Waals surface area contributed by atoms with Crippen molar-refractivity contribution in [3.8, 4) is 5.75 Å². The Balaban J connectivity index is 1.82. The van der Waals surface area contributed by atoms with E-state index in [-0.39, 0.29) is 0 Å². The normalized spacial score (nSPS) is 11.4. The second kappa shape index (κ2) is 8.27. The van der Waals surface area contributed by atoms with E-state index in [0.717, 1.165) is 40.3 Å². The van der Waals surface area contributed by atoms with Gasteiger partial charge in [0.2, 0.25) is 5.13 Å². The van der Waals surface area contributed by atoms with Crippen LogP contribution in [0.3, 0.4) is 0 Å². The Morgan fingerprint density at radius 3 is 2.54 bits per heavy atom. The first kappa shape index (κ1) is 18.3. The van der Waals surface area contributed by atoms with Crippen LogP contribution < -0.4 is 9.64 Å². The van der Waals surface area contributed by atoms with E-state index in [9.17, 15) is 0 Å². The number of hydrogen-bond acceptors (Lipinski definition) is 6. The summed E-state index contributed by atoms with van der Waals surface area (Å²) in [6, 6.07) is 12.2. The number of hydrogen-bond donors (Lipinski definition) is 0. The zero-order valence-corrected chi connectivity index (χ0v) is 16.5. The van der Waals surface area contributed by atoms with Gasteiger partial charge in [-0.1, -0.05) is 11.3 Å². The van der Waals surface area contributed by atoms with Crippen LogP contribution in [0.2, 0.25) is 0 Å². The van der Waals surface area contributed by atoms with Gasteiger partial charge in [0, 0.05) is 18.8 Å². The van der Waals surface area contributed by atoms with Gasteiger partial charge in [-0.2, -0.15) is 0 Å². The van der Waals surface area contributed by atoms with Crippen LogP contribution in [0.15, 0.2) is 46.6 Å². The maximum atomic E-state index is 5.54. The third-order valence-electron chi connectivity index (χ3n) is 4.21. The Morgan fingerprint density at radius 1 is 1.04 bits per heavy atom. The van der Waals surface area contributed by atoms with Gasteiger partial charge in [-0.05, 0) is 69.7 Å². The molecule has 0 radical (unpaired) electrons. The molecule has 0 aliphatic heterocycles. The highest BCUT2D eigenvalue weighted by atomic mass is 32.1. The number of ether oxygens (including phenoxy) is 1. The van der Waals surface area contributed by atoms with Gasteiger partial charge >= 0.3 is 0 Å². The summed E-state index contributed by atoms with van der Waals surface area (Å²) in [5.74, 6) is 0.856. The number of thiazole rings is 1. The first-order valence-corrected chi connectivity index (χ1v) is 9.77. The fourth-order valence-corrected chi connectivity index (χ4v) is 3.64. The maximum absolute atomic E-state index is 5.54. The predicted molar refractivity (Wildman–Crippen MR) is 110 cm³/mol. The van der Waals surface area contributed by atoms with E-state index in [4.69, 9.17) is 4.74 Å². The number of nitrogens with zero attached hydrogens (tertiary/aromatic N) is 4. The van der Waals surface area contributed by atoms with Crippen molar-refractivity contribution in [2.75, 3.05) is 24.6 Å². The molecule has 0 amide bonds. The number of aromatic nitrogens is 1. The van der Waals surface area contributed by atoms with Gasteiger partial charge in [-0.25, -0.2) is 4.98 Å². The predicted octanol–water partition coefficient (Wildman–Crippen LogP) is 6.27. The number of benzene rings is 2. The van der Waals surface area contributed by atoms with E-state index in [1.165, 1.54) is 17.0 Å². The summed E-state index contributed by atoms with van der Waals surface area (Å²) < 4.78 is 6.59. The summed E-state index contributed by atoms with van der Waals surface area (Å²) in [7, 11) is 0. The topological polar surface area (TPSA) is 50.1 Å². The van der Waals surface area contributed by atoms with Crippen LogP contribution in [0, 0.1) is 6.92 Å². The fraction of sp³-hybridized carbons (Fsp3) is 0.350. The molecule has 5 nitrogen and oxygen atoms in total. The largest absolute Gasteiger partial charge is 0.494 e. The molecule has 1 aromatic heterocycles. The van der Waals surface area contributed by atoms with Gasteiger partial charge in [0.05, 0.1) is 22.5 Å². The van der Waals surface area contributed by atoms with Crippen molar-refractivity contribution in [3.05, 3.63) is 42.0 Å². The van der Waals surface area contributed by atoms with Crippen LogP contribution in [-0.4, -0.2) is 24.7 Å². The van der Waals surface area contributed by atoms with Crippen molar-refractivity contribution in [2.45, 2.75) is 27.7 Å². The van der Waals surface area contributed by atoms with Crippen molar-refractivity contribution in [2.24, 2.45) is 10.2 Å². The third-order valence-corrected chi connectivity index (χ3v) is 5.11. The van der Waals surface area contributed by atoms with E-state index in [2.05, 4.69) is 53.0 Å². The van der Waals surface area contributed by atoms with Crippen LogP contribution in [0.25, 0.3) is 10.2 Å². The average Bonchev–Trinajstić information content (AvgIpc) is 3.04. The molecule has 0 bridgehead atoms. The van der Waals surface area contributed by atoms with Crippen molar-refractivity contribution < 1.29 is 4.74 Å². The molecule has 0 saturated carbocycles. The lowest BCUT2D eigenvalue weighted by molar-refractivity contribution is 0.341.